The van der Waals surface area contributed by atoms with Crippen LogP contribution in [-0.2, 0) is 14.8 Å². The molecule has 9 heteroatoms. The molecular formula is C15H21Cl2N3O3S. The maximum atomic E-state index is 12.3. The third-order valence-electron chi connectivity index (χ3n) is 4.01. The van der Waals surface area contributed by atoms with Crippen LogP contribution in [0.15, 0.2) is 23.1 Å². The van der Waals surface area contributed by atoms with Crippen molar-refractivity contribution >= 4 is 39.1 Å². The largest absolute Gasteiger partial charge is 0.352 e. The van der Waals surface area contributed by atoms with Gasteiger partial charge >= 0.3 is 0 Å². The van der Waals surface area contributed by atoms with Gasteiger partial charge in [-0.2, -0.15) is 0 Å². The molecule has 3 N–H and O–H groups in total. The number of carbonyl (C=O) groups is 1. The van der Waals surface area contributed by atoms with E-state index in [1.54, 1.807) is 6.07 Å². The standard InChI is InChI=1S/C15H21Cl2N3O3S/c1-10-5-7-18-9-13(10)20-14(21)6-8-19-24(22,23)15-11(16)3-2-4-12(15)17/h2-4,10,13,18-19H,5-9H2,1H3,(H,20,21). The number of piperidine rings is 1. The third-order valence-corrected chi connectivity index (χ3v) is 6.42. The second kappa shape index (κ2) is 8.49. The van der Waals surface area contributed by atoms with Crippen molar-refractivity contribution in [3.8, 4) is 0 Å². The van der Waals surface area contributed by atoms with Gasteiger partial charge in [0.1, 0.15) is 4.90 Å². The van der Waals surface area contributed by atoms with Crippen LogP contribution in [0.1, 0.15) is 19.8 Å². The van der Waals surface area contributed by atoms with Gasteiger partial charge in [0.2, 0.25) is 15.9 Å². The van der Waals surface area contributed by atoms with Gasteiger partial charge in [-0.15, -0.1) is 0 Å². The summed E-state index contributed by atoms with van der Waals surface area (Å²) < 4.78 is 26.9. The number of amides is 1. The Bertz CT molecular complexity index is 677. The molecule has 1 aromatic rings. The fraction of sp³-hybridized carbons (Fsp3) is 0.533. The predicted octanol–water partition coefficient (Wildman–Crippen LogP) is 1.78. The van der Waals surface area contributed by atoms with Crippen LogP contribution in [0, 0.1) is 5.92 Å². The molecule has 1 aliphatic heterocycles. The van der Waals surface area contributed by atoms with E-state index in [1.807, 2.05) is 0 Å². The molecule has 24 heavy (non-hydrogen) atoms. The second-order valence-corrected chi connectivity index (χ2v) is 8.36. The van der Waals surface area contributed by atoms with Crippen LogP contribution in [0.4, 0.5) is 0 Å². The summed E-state index contributed by atoms with van der Waals surface area (Å²) in [5, 5.41) is 6.24. The van der Waals surface area contributed by atoms with E-state index < -0.39 is 10.0 Å². The minimum atomic E-state index is -3.87. The molecular weight excluding hydrogens is 373 g/mol. The molecule has 0 bridgehead atoms. The number of nitrogens with one attached hydrogen (secondary N) is 3. The van der Waals surface area contributed by atoms with Crippen LogP contribution in [0.5, 0.6) is 0 Å². The van der Waals surface area contributed by atoms with Crippen LogP contribution in [-0.4, -0.2) is 40.0 Å². The van der Waals surface area contributed by atoms with Gasteiger partial charge in [0, 0.05) is 25.6 Å². The Morgan fingerprint density at radius 2 is 2.00 bits per heavy atom. The monoisotopic (exact) mass is 393 g/mol. The number of hydrogen-bond acceptors (Lipinski definition) is 4. The average molecular weight is 394 g/mol. The summed E-state index contributed by atoms with van der Waals surface area (Å²) in [4.78, 5) is 11.8. The van der Waals surface area contributed by atoms with Gasteiger partial charge in [0.15, 0.2) is 0 Å². The lowest BCUT2D eigenvalue weighted by molar-refractivity contribution is -0.122. The smallest absolute Gasteiger partial charge is 0.243 e. The van der Waals surface area contributed by atoms with E-state index >= 15 is 0 Å². The van der Waals surface area contributed by atoms with Gasteiger partial charge in [-0.3, -0.25) is 4.79 Å². The van der Waals surface area contributed by atoms with Gasteiger partial charge in [0.25, 0.3) is 0 Å². The van der Waals surface area contributed by atoms with Gasteiger partial charge in [0.05, 0.1) is 10.0 Å². The Morgan fingerprint density at radius 3 is 2.62 bits per heavy atom. The van der Waals surface area contributed by atoms with E-state index in [-0.39, 0.29) is 39.9 Å². The normalized spacial score (nSPS) is 21.5. The Labute approximate surface area is 152 Å². The van der Waals surface area contributed by atoms with Crippen molar-refractivity contribution < 1.29 is 13.2 Å². The van der Waals surface area contributed by atoms with Gasteiger partial charge in [-0.25, -0.2) is 13.1 Å². The van der Waals surface area contributed by atoms with Crippen LogP contribution < -0.4 is 15.4 Å². The summed E-state index contributed by atoms with van der Waals surface area (Å²) in [6.45, 7) is 3.75. The highest BCUT2D eigenvalue weighted by Crippen LogP contribution is 2.28. The minimum Gasteiger partial charge on any atom is -0.352 e. The first-order valence-electron chi connectivity index (χ1n) is 7.75. The van der Waals surface area contributed by atoms with Gasteiger partial charge < -0.3 is 10.6 Å². The molecule has 0 radical (unpaired) electrons. The number of rotatable bonds is 6. The van der Waals surface area contributed by atoms with Gasteiger partial charge in [-0.05, 0) is 31.0 Å². The van der Waals surface area contributed by atoms with Crippen molar-refractivity contribution in [1.82, 2.24) is 15.4 Å². The fourth-order valence-corrected chi connectivity index (χ4v) is 4.74. The summed E-state index contributed by atoms with van der Waals surface area (Å²) in [5.74, 6) is 0.206. The highest BCUT2D eigenvalue weighted by molar-refractivity contribution is 7.89. The number of hydrogen-bond donors (Lipinski definition) is 3. The molecule has 6 nitrogen and oxygen atoms in total. The maximum absolute atomic E-state index is 12.3. The average Bonchev–Trinajstić information content (AvgIpc) is 2.49. The topological polar surface area (TPSA) is 87.3 Å². The summed E-state index contributed by atoms with van der Waals surface area (Å²) in [5.41, 5.74) is 0. The molecule has 1 fully saturated rings. The molecule has 2 rings (SSSR count). The summed E-state index contributed by atoms with van der Waals surface area (Å²) in [6.07, 6.45) is 1.05. The van der Waals surface area contributed by atoms with E-state index in [9.17, 15) is 13.2 Å². The van der Waals surface area contributed by atoms with Crippen molar-refractivity contribution in [2.24, 2.45) is 5.92 Å². The van der Waals surface area contributed by atoms with E-state index in [0.29, 0.717) is 5.92 Å². The summed E-state index contributed by atoms with van der Waals surface area (Å²) in [6, 6.07) is 4.54. The minimum absolute atomic E-state index is 0.0236. The molecule has 2 atom stereocenters. The number of sulfonamides is 1. The molecule has 0 aliphatic carbocycles. The first kappa shape index (κ1) is 19.5. The van der Waals surface area contributed by atoms with Crippen LogP contribution in [0.2, 0.25) is 10.0 Å². The predicted molar refractivity (Wildman–Crippen MR) is 94.8 cm³/mol. The van der Waals surface area contributed by atoms with Crippen molar-refractivity contribution in [3.63, 3.8) is 0 Å². The quantitative estimate of drug-likeness (QED) is 0.687. The van der Waals surface area contributed by atoms with Crippen molar-refractivity contribution in [1.29, 1.82) is 0 Å². The highest BCUT2D eigenvalue weighted by Gasteiger charge is 2.24. The molecule has 0 spiro atoms. The van der Waals surface area contributed by atoms with Crippen molar-refractivity contribution in [3.05, 3.63) is 28.2 Å². The van der Waals surface area contributed by atoms with E-state index in [4.69, 9.17) is 23.2 Å². The molecule has 0 saturated carbocycles. The Balaban J connectivity index is 1.87. The molecule has 1 heterocycles. The van der Waals surface area contributed by atoms with Crippen LogP contribution in [0.3, 0.4) is 0 Å². The zero-order valence-corrected chi connectivity index (χ0v) is 15.6. The molecule has 1 aliphatic rings. The van der Waals surface area contributed by atoms with E-state index in [0.717, 1.165) is 19.5 Å². The third kappa shape index (κ3) is 5.07. The lowest BCUT2D eigenvalue weighted by Crippen LogP contribution is -2.50. The number of carbonyl (C=O) groups excluding carboxylic acids is 1. The molecule has 1 amide bonds. The molecule has 0 aromatic heterocycles. The van der Waals surface area contributed by atoms with Crippen molar-refractivity contribution in [2.75, 3.05) is 19.6 Å². The number of benzene rings is 1. The van der Waals surface area contributed by atoms with Crippen LogP contribution in [0.25, 0.3) is 0 Å². The second-order valence-electron chi connectivity index (χ2n) is 5.84. The Kier molecular flexibility index (Phi) is 6.88. The molecule has 134 valence electrons. The maximum Gasteiger partial charge on any atom is 0.243 e. The zero-order valence-electron chi connectivity index (χ0n) is 13.3. The van der Waals surface area contributed by atoms with Gasteiger partial charge in [-0.1, -0.05) is 36.2 Å². The summed E-state index contributed by atoms with van der Waals surface area (Å²) in [7, 11) is -3.87. The SMILES string of the molecule is CC1CCNCC1NC(=O)CCNS(=O)(=O)c1c(Cl)cccc1Cl. The lowest BCUT2D eigenvalue weighted by Gasteiger charge is -2.30. The fourth-order valence-electron chi connectivity index (χ4n) is 2.57. The summed E-state index contributed by atoms with van der Waals surface area (Å²) >= 11 is 11.8. The van der Waals surface area contributed by atoms with E-state index in [2.05, 4.69) is 22.3 Å². The molecule has 1 saturated heterocycles. The highest BCUT2D eigenvalue weighted by atomic mass is 35.5. The molecule has 1 aromatic carbocycles. The van der Waals surface area contributed by atoms with E-state index in [1.165, 1.54) is 12.1 Å². The first-order valence-corrected chi connectivity index (χ1v) is 9.99. The first-order chi connectivity index (χ1) is 11.3. The van der Waals surface area contributed by atoms with Crippen molar-refractivity contribution in [2.45, 2.75) is 30.7 Å². The molecule has 2 unspecified atom stereocenters. The zero-order chi connectivity index (χ0) is 17.7. The number of halogens is 2. The Morgan fingerprint density at radius 1 is 1.33 bits per heavy atom. The lowest BCUT2D eigenvalue weighted by atomic mass is 9.95. The van der Waals surface area contributed by atoms with Crippen LogP contribution >= 0.6 is 23.2 Å². The Hall–Kier alpha value is -0.860.